The molecule has 0 unspecified atom stereocenters. The summed E-state index contributed by atoms with van der Waals surface area (Å²) in [5.41, 5.74) is 0.991. The number of ether oxygens (including phenoxy) is 2. The van der Waals surface area contributed by atoms with Crippen LogP contribution in [-0.2, 0) is 0 Å². The molecule has 3 rings (SSSR count). The Balaban J connectivity index is 2.09. The summed E-state index contributed by atoms with van der Waals surface area (Å²) in [6.07, 6.45) is 0.551. The van der Waals surface area contributed by atoms with E-state index in [1.807, 2.05) is 6.92 Å². The van der Waals surface area contributed by atoms with Gasteiger partial charge >= 0.3 is 0 Å². The molecule has 0 spiro atoms. The van der Waals surface area contributed by atoms with Crippen LogP contribution in [0.2, 0.25) is 0 Å². The first kappa shape index (κ1) is 15.0. The number of nitro groups is 1. The lowest BCUT2D eigenvalue weighted by molar-refractivity contribution is -0.434. The SMILES string of the molecule is CCOc1cccc2c1O[C@H](c1ccc(F)cc1)C([N+](=O)[O-])=C2. The minimum Gasteiger partial charge on any atom is -0.490 e. The van der Waals surface area contributed by atoms with Crippen LogP contribution in [-0.4, -0.2) is 11.5 Å². The predicted molar refractivity (Wildman–Crippen MR) is 82.4 cm³/mol. The van der Waals surface area contributed by atoms with Gasteiger partial charge in [0, 0.05) is 17.2 Å². The molecule has 0 saturated heterocycles. The maximum absolute atomic E-state index is 13.1. The van der Waals surface area contributed by atoms with E-state index in [-0.39, 0.29) is 5.70 Å². The molecule has 1 aliphatic heterocycles. The van der Waals surface area contributed by atoms with Crippen LogP contribution < -0.4 is 9.47 Å². The highest BCUT2D eigenvalue weighted by molar-refractivity contribution is 5.66. The first-order chi connectivity index (χ1) is 11.1. The fraction of sp³-hybridized carbons (Fsp3) is 0.176. The molecule has 23 heavy (non-hydrogen) atoms. The van der Waals surface area contributed by atoms with E-state index in [1.54, 1.807) is 18.2 Å². The van der Waals surface area contributed by atoms with Crippen molar-refractivity contribution in [2.45, 2.75) is 13.0 Å². The van der Waals surface area contributed by atoms with Gasteiger partial charge in [-0.2, -0.15) is 0 Å². The minimum atomic E-state index is -0.917. The third kappa shape index (κ3) is 2.88. The fourth-order valence-electron chi connectivity index (χ4n) is 2.48. The number of nitrogens with zero attached hydrogens (tertiary/aromatic N) is 1. The molecule has 0 fully saturated rings. The van der Waals surface area contributed by atoms with Gasteiger partial charge in [0.2, 0.25) is 6.10 Å². The summed E-state index contributed by atoms with van der Waals surface area (Å²) in [5.74, 6) is 0.566. The standard InChI is InChI=1S/C17H14FNO4/c1-2-22-15-5-3-4-12-10-14(19(20)21)16(23-17(12)15)11-6-8-13(18)9-7-11/h3-10,16H,2H2,1H3/t16-/m1/s1. The van der Waals surface area contributed by atoms with Crippen molar-refractivity contribution < 1.29 is 18.8 Å². The summed E-state index contributed by atoms with van der Waals surface area (Å²) < 4.78 is 24.5. The summed E-state index contributed by atoms with van der Waals surface area (Å²) in [5, 5.41) is 11.4. The first-order valence-electron chi connectivity index (χ1n) is 7.14. The number of hydrogen-bond donors (Lipinski definition) is 0. The van der Waals surface area contributed by atoms with E-state index in [0.717, 1.165) is 0 Å². The van der Waals surface area contributed by atoms with Crippen molar-refractivity contribution in [2.24, 2.45) is 0 Å². The molecule has 0 amide bonds. The smallest absolute Gasteiger partial charge is 0.291 e. The molecular formula is C17H14FNO4. The number of hydrogen-bond acceptors (Lipinski definition) is 4. The van der Waals surface area contributed by atoms with Gasteiger partial charge in [-0.25, -0.2) is 4.39 Å². The molecular weight excluding hydrogens is 301 g/mol. The van der Waals surface area contributed by atoms with E-state index in [1.165, 1.54) is 30.3 Å². The lowest BCUT2D eigenvalue weighted by Crippen LogP contribution is -2.20. The van der Waals surface area contributed by atoms with Crippen molar-refractivity contribution in [2.75, 3.05) is 6.61 Å². The predicted octanol–water partition coefficient (Wildman–Crippen LogP) is 3.98. The molecule has 5 nitrogen and oxygen atoms in total. The highest BCUT2D eigenvalue weighted by Gasteiger charge is 2.34. The Bertz CT molecular complexity index is 771. The Labute approximate surface area is 132 Å². The van der Waals surface area contributed by atoms with Crippen molar-refractivity contribution >= 4 is 6.08 Å². The van der Waals surface area contributed by atoms with Crippen LogP contribution in [0.25, 0.3) is 6.08 Å². The molecule has 2 aromatic carbocycles. The monoisotopic (exact) mass is 315 g/mol. The average Bonchev–Trinajstić information content (AvgIpc) is 2.55. The van der Waals surface area contributed by atoms with Crippen LogP contribution in [0.5, 0.6) is 11.5 Å². The van der Waals surface area contributed by atoms with Crippen molar-refractivity contribution in [3.8, 4) is 11.5 Å². The summed E-state index contributed by atoms with van der Waals surface area (Å²) in [7, 11) is 0. The molecule has 0 N–H and O–H groups in total. The molecule has 0 aromatic heterocycles. The summed E-state index contributed by atoms with van der Waals surface area (Å²) in [6.45, 7) is 2.30. The van der Waals surface area contributed by atoms with E-state index >= 15 is 0 Å². The zero-order valence-electron chi connectivity index (χ0n) is 12.4. The van der Waals surface area contributed by atoms with Crippen molar-refractivity contribution in [1.82, 2.24) is 0 Å². The second kappa shape index (κ2) is 6.08. The molecule has 0 radical (unpaired) electrons. The molecule has 1 atom stereocenters. The topological polar surface area (TPSA) is 61.6 Å². The largest absolute Gasteiger partial charge is 0.490 e. The lowest BCUT2D eigenvalue weighted by atomic mass is 10.0. The summed E-state index contributed by atoms with van der Waals surface area (Å²) in [4.78, 5) is 10.9. The molecule has 6 heteroatoms. The average molecular weight is 315 g/mol. The fourth-order valence-corrected chi connectivity index (χ4v) is 2.48. The highest BCUT2D eigenvalue weighted by Crippen LogP contribution is 2.42. The minimum absolute atomic E-state index is 0.0993. The van der Waals surface area contributed by atoms with Crippen LogP contribution in [0, 0.1) is 15.9 Å². The van der Waals surface area contributed by atoms with Gasteiger partial charge < -0.3 is 9.47 Å². The van der Waals surface area contributed by atoms with Crippen LogP contribution in [0.15, 0.2) is 48.2 Å². The van der Waals surface area contributed by atoms with Gasteiger partial charge in [-0.3, -0.25) is 10.1 Å². The molecule has 0 saturated carbocycles. The van der Waals surface area contributed by atoms with Gasteiger partial charge in [0.1, 0.15) is 5.82 Å². The maximum Gasteiger partial charge on any atom is 0.291 e. The number of para-hydroxylation sites is 1. The lowest BCUT2D eigenvalue weighted by Gasteiger charge is -2.24. The van der Waals surface area contributed by atoms with Crippen LogP contribution in [0.3, 0.4) is 0 Å². The number of halogens is 1. The van der Waals surface area contributed by atoms with Gasteiger partial charge in [0.05, 0.1) is 11.5 Å². The van der Waals surface area contributed by atoms with Crippen LogP contribution in [0.4, 0.5) is 4.39 Å². The number of benzene rings is 2. The second-order valence-electron chi connectivity index (χ2n) is 4.98. The quantitative estimate of drug-likeness (QED) is 0.632. The molecule has 0 bridgehead atoms. The Morgan fingerprint density at radius 2 is 2.00 bits per heavy atom. The molecule has 118 valence electrons. The van der Waals surface area contributed by atoms with Gasteiger partial charge in [0.15, 0.2) is 11.5 Å². The van der Waals surface area contributed by atoms with E-state index < -0.39 is 16.8 Å². The first-order valence-corrected chi connectivity index (χ1v) is 7.14. The van der Waals surface area contributed by atoms with Crippen molar-refractivity contribution in [3.05, 3.63) is 75.2 Å². The number of rotatable bonds is 4. The molecule has 1 aliphatic rings. The van der Waals surface area contributed by atoms with Gasteiger partial charge in [-0.05, 0) is 25.1 Å². The highest BCUT2D eigenvalue weighted by atomic mass is 19.1. The van der Waals surface area contributed by atoms with Crippen LogP contribution >= 0.6 is 0 Å². The second-order valence-corrected chi connectivity index (χ2v) is 4.98. The number of fused-ring (bicyclic) bond motifs is 1. The van der Waals surface area contributed by atoms with E-state index in [9.17, 15) is 14.5 Å². The zero-order valence-corrected chi connectivity index (χ0v) is 12.4. The van der Waals surface area contributed by atoms with Gasteiger partial charge in [0.25, 0.3) is 5.70 Å². The molecule has 1 heterocycles. The third-order valence-electron chi connectivity index (χ3n) is 3.50. The van der Waals surface area contributed by atoms with Gasteiger partial charge in [-0.1, -0.05) is 24.3 Å². The Hall–Kier alpha value is -2.89. The Kier molecular flexibility index (Phi) is 3.97. The summed E-state index contributed by atoms with van der Waals surface area (Å²) in [6, 6.07) is 10.7. The summed E-state index contributed by atoms with van der Waals surface area (Å²) >= 11 is 0. The van der Waals surface area contributed by atoms with E-state index in [4.69, 9.17) is 9.47 Å². The third-order valence-corrected chi connectivity index (χ3v) is 3.50. The zero-order chi connectivity index (χ0) is 16.4. The van der Waals surface area contributed by atoms with Gasteiger partial charge in [-0.15, -0.1) is 0 Å². The van der Waals surface area contributed by atoms with Crippen molar-refractivity contribution in [1.29, 1.82) is 0 Å². The Morgan fingerprint density at radius 3 is 2.65 bits per heavy atom. The molecule has 0 aliphatic carbocycles. The van der Waals surface area contributed by atoms with Crippen LogP contribution in [0.1, 0.15) is 24.2 Å². The normalized spacial score (nSPS) is 16.1. The van der Waals surface area contributed by atoms with Crippen molar-refractivity contribution in [3.63, 3.8) is 0 Å². The Morgan fingerprint density at radius 1 is 1.26 bits per heavy atom. The van der Waals surface area contributed by atoms with E-state index in [0.29, 0.717) is 29.2 Å². The molecule has 2 aromatic rings. The van der Waals surface area contributed by atoms with E-state index in [2.05, 4.69) is 0 Å². The maximum atomic E-state index is 13.1.